The highest BCUT2D eigenvalue weighted by Gasteiger charge is 2.28. The number of rotatable bonds is 9. The molecule has 5 heteroatoms. The van der Waals surface area contributed by atoms with Gasteiger partial charge in [-0.1, -0.05) is 43.3 Å². The zero-order chi connectivity index (χ0) is 16.5. The number of ketones is 1. The molecule has 0 aromatic heterocycles. The van der Waals surface area contributed by atoms with E-state index in [1.807, 2.05) is 30.3 Å². The second-order valence-electron chi connectivity index (χ2n) is 4.92. The average Bonchev–Trinajstić information content (AvgIpc) is 2.53. The minimum Gasteiger partial charge on any atom is -0.480 e. The molecule has 0 bridgehead atoms. The van der Waals surface area contributed by atoms with E-state index in [0.717, 1.165) is 5.56 Å². The Morgan fingerprint density at radius 2 is 2.00 bits per heavy atom. The van der Waals surface area contributed by atoms with Crippen molar-refractivity contribution in [3.8, 4) is 0 Å². The molecule has 0 heterocycles. The first-order chi connectivity index (χ1) is 10.5. The van der Waals surface area contributed by atoms with E-state index in [9.17, 15) is 14.7 Å². The van der Waals surface area contributed by atoms with Crippen LogP contribution >= 0.6 is 11.6 Å². The van der Waals surface area contributed by atoms with Gasteiger partial charge in [-0.2, -0.15) is 0 Å². The number of hydrogen-bond donors (Lipinski definition) is 1. The topological polar surface area (TPSA) is 66.7 Å². The molecule has 0 saturated heterocycles. The number of carbonyl (C=O) groups is 2. The zero-order valence-corrected chi connectivity index (χ0v) is 13.2. The van der Waals surface area contributed by atoms with Gasteiger partial charge in [0, 0.05) is 18.6 Å². The van der Waals surface area contributed by atoms with Gasteiger partial charge < -0.3 is 5.11 Å². The van der Waals surface area contributed by atoms with E-state index >= 15 is 0 Å². The molecule has 1 rings (SSSR count). The first-order valence-corrected chi connectivity index (χ1v) is 7.53. The lowest BCUT2D eigenvalue weighted by atomic mass is 9.93. The molecular weight excluding hydrogens is 302 g/mol. The third-order valence-corrected chi connectivity index (χ3v) is 3.84. The predicted octanol–water partition coefficient (Wildman–Crippen LogP) is 3.34. The second kappa shape index (κ2) is 9.15. The summed E-state index contributed by atoms with van der Waals surface area (Å²) in [6.45, 7) is 5.43. The highest BCUT2D eigenvalue weighted by Crippen LogP contribution is 2.18. The smallest absolute Gasteiger partial charge is 0.329 e. The Hall–Kier alpha value is -1.94. The maximum Gasteiger partial charge on any atom is 0.329 e. The lowest BCUT2D eigenvalue weighted by Gasteiger charge is -2.17. The quantitative estimate of drug-likeness (QED) is 0.431. The van der Waals surface area contributed by atoms with E-state index in [1.54, 1.807) is 6.92 Å². The van der Waals surface area contributed by atoms with Crippen LogP contribution in [-0.4, -0.2) is 34.5 Å². The van der Waals surface area contributed by atoms with E-state index in [0.29, 0.717) is 6.42 Å². The van der Waals surface area contributed by atoms with Crippen LogP contribution in [0.3, 0.4) is 0 Å². The summed E-state index contributed by atoms with van der Waals surface area (Å²) in [5.74, 6) is -1.86. The molecule has 0 aliphatic heterocycles. The molecule has 0 spiro atoms. The highest BCUT2D eigenvalue weighted by atomic mass is 35.5. The third-order valence-electron chi connectivity index (χ3n) is 3.29. The molecule has 22 heavy (non-hydrogen) atoms. The molecule has 4 nitrogen and oxygen atoms in total. The number of nitrogens with zero attached hydrogens (tertiary/aromatic N) is 1. The van der Waals surface area contributed by atoms with Gasteiger partial charge in [0.2, 0.25) is 0 Å². The minimum atomic E-state index is -1.09. The van der Waals surface area contributed by atoms with Crippen molar-refractivity contribution in [2.24, 2.45) is 10.9 Å². The number of Topliss-reactive ketones (excluding diaryl/α,β-unsaturated/α-hetero) is 1. The summed E-state index contributed by atoms with van der Waals surface area (Å²) in [4.78, 5) is 27.5. The zero-order valence-electron chi connectivity index (χ0n) is 12.5. The van der Waals surface area contributed by atoms with Crippen LogP contribution in [0.2, 0.25) is 0 Å². The van der Waals surface area contributed by atoms with Gasteiger partial charge in [0.25, 0.3) is 0 Å². The first kappa shape index (κ1) is 18.1. The van der Waals surface area contributed by atoms with Gasteiger partial charge in [-0.05, 0) is 12.0 Å². The SMILES string of the molecule is C=CC(CC(=O)C(Cl)CC)C(N=Cc1ccccc1)C(=O)O. The van der Waals surface area contributed by atoms with E-state index in [-0.39, 0.29) is 12.2 Å². The molecule has 1 N–H and O–H groups in total. The Kier molecular flexibility index (Phi) is 7.54. The van der Waals surface area contributed by atoms with Crippen LogP contribution in [0.5, 0.6) is 0 Å². The second-order valence-corrected chi connectivity index (χ2v) is 5.44. The highest BCUT2D eigenvalue weighted by molar-refractivity contribution is 6.31. The number of benzene rings is 1. The van der Waals surface area contributed by atoms with Gasteiger partial charge in [0.15, 0.2) is 11.8 Å². The number of aliphatic carboxylic acids is 1. The van der Waals surface area contributed by atoms with Gasteiger partial charge >= 0.3 is 5.97 Å². The molecule has 0 fully saturated rings. The molecule has 0 saturated carbocycles. The lowest BCUT2D eigenvalue weighted by Crippen LogP contribution is -2.30. The Bertz CT molecular complexity index is 542. The van der Waals surface area contributed by atoms with Crippen LogP contribution < -0.4 is 0 Å². The summed E-state index contributed by atoms with van der Waals surface area (Å²) < 4.78 is 0. The maximum atomic E-state index is 11.9. The number of carbonyl (C=O) groups excluding carboxylic acids is 1. The maximum absolute atomic E-state index is 11.9. The van der Waals surface area contributed by atoms with Crippen molar-refractivity contribution in [2.45, 2.75) is 31.2 Å². The summed E-state index contributed by atoms with van der Waals surface area (Å²) in [7, 11) is 0. The Balaban J connectivity index is 2.87. The molecule has 0 aliphatic carbocycles. The molecule has 0 aliphatic rings. The minimum absolute atomic E-state index is 0.0224. The van der Waals surface area contributed by atoms with E-state index in [4.69, 9.17) is 11.6 Å². The van der Waals surface area contributed by atoms with Crippen LogP contribution in [0, 0.1) is 5.92 Å². The molecule has 3 unspecified atom stereocenters. The number of carboxylic acids is 1. The van der Waals surface area contributed by atoms with Gasteiger partial charge in [-0.3, -0.25) is 9.79 Å². The standard InChI is InChI=1S/C17H20ClNO3/c1-3-13(10-15(20)14(18)4-2)16(17(21)22)19-11-12-8-6-5-7-9-12/h3,5-9,11,13-14,16H,1,4,10H2,2H3,(H,21,22). The molecule has 118 valence electrons. The summed E-state index contributed by atoms with van der Waals surface area (Å²) in [5, 5.41) is 8.75. The average molecular weight is 322 g/mol. The molecule has 3 atom stereocenters. The summed E-state index contributed by atoms with van der Waals surface area (Å²) >= 11 is 5.90. The van der Waals surface area contributed by atoms with Crippen molar-refractivity contribution in [3.05, 3.63) is 48.6 Å². The molecular formula is C17H20ClNO3. The van der Waals surface area contributed by atoms with Gasteiger partial charge in [0.05, 0.1) is 5.38 Å². The number of carboxylic acid groups (broad SMARTS) is 1. The monoisotopic (exact) mass is 321 g/mol. The largest absolute Gasteiger partial charge is 0.480 e. The van der Waals surface area contributed by atoms with Gasteiger partial charge in [-0.15, -0.1) is 18.2 Å². The Labute approximate surface area is 135 Å². The fraction of sp³-hybridized carbons (Fsp3) is 0.353. The fourth-order valence-corrected chi connectivity index (χ4v) is 2.06. The van der Waals surface area contributed by atoms with Crippen molar-refractivity contribution in [1.82, 2.24) is 0 Å². The molecule has 1 aromatic carbocycles. The first-order valence-electron chi connectivity index (χ1n) is 7.10. The molecule has 0 amide bonds. The van der Waals surface area contributed by atoms with Crippen LogP contribution in [0.4, 0.5) is 0 Å². The van der Waals surface area contributed by atoms with Crippen LogP contribution in [0.15, 0.2) is 48.0 Å². The van der Waals surface area contributed by atoms with Crippen LogP contribution in [0.1, 0.15) is 25.3 Å². The van der Waals surface area contributed by atoms with E-state index < -0.39 is 23.3 Å². The van der Waals surface area contributed by atoms with Crippen molar-refractivity contribution < 1.29 is 14.7 Å². The van der Waals surface area contributed by atoms with Gasteiger partial charge in [0.1, 0.15) is 0 Å². The van der Waals surface area contributed by atoms with Crippen molar-refractivity contribution in [1.29, 1.82) is 0 Å². The summed E-state index contributed by atoms with van der Waals surface area (Å²) in [6, 6.07) is 8.13. The van der Waals surface area contributed by atoms with Gasteiger partial charge in [-0.25, -0.2) is 4.79 Å². The van der Waals surface area contributed by atoms with Crippen molar-refractivity contribution in [3.63, 3.8) is 0 Å². The Morgan fingerprint density at radius 1 is 1.36 bits per heavy atom. The van der Waals surface area contributed by atoms with Crippen LogP contribution in [-0.2, 0) is 9.59 Å². The number of alkyl halides is 1. The molecule has 1 aromatic rings. The summed E-state index contributed by atoms with van der Waals surface area (Å²) in [5.41, 5.74) is 0.798. The normalized spacial score (nSPS) is 15.2. The third kappa shape index (κ3) is 5.45. The summed E-state index contributed by atoms with van der Waals surface area (Å²) in [6.07, 6.45) is 3.49. The Morgan fingerprint density at radius 3 is 2.50 bits per heavy atom. The lowest BCUT2D eigenvalue weighted by molar-refractivity contribution is -0.139. The van der Waals surface area contributed by atoms with Crippen molar-refractivity contribution in [2.75, 3.05) is 0 Å². The van der Waals surface area contributed by atoms with E-state index in [1.165, 1.54) is 12.3 Å². The van der Waals surface area contributed by atoms with E-state index in [2.05, 4.69) is 11.6 Å². The number of aliphatic imine (C=N–C) groups is 1. The number of hydrogen-bond acceptors (Lipinski definition) is 3. The molecule has 0 radical (unpaired) electrons. The van der Waals surface area contributed by atoms with Crippen LogP contribution in [0.25, 0.3) is 0 Å². The predicted molar refractivity (Wildman–Crippen MR) is 88.7 cm³/mol. The van der Waals surface area contributed by atoms with Crippen molar-refractivity contribution >= 4 is 29.6 Å². The fourth-order valence-electron chi connectivity index (χ4n) is 1.97. The number of halogens is 1.